The van der Waals surface area contributed by atoms with E-state index in [0.717, 1.165) is 26.1 Å². The van der Waals surface area contributed by atoms with Crippen LogP contribution in [-0.4, -0.2) is 64.9 Å². The van der Waals surface area contributed by atoms with Crippen LogP contribution in [0.15, 0.2) is 6.20 Å². The molecule has 3 rings (SSSR count). The molecule has 2 fully saturated rings. The molecule has 6 heteroatoms. The van der Waals surface area contributed by atoms with Gasteiger partial charge in [-0.3, -0.25) is 14.4 Å². The Morgan fingerprint density at radius 1 is 1.43 bits per heavy atom. The minimum Gasteiger partial charge on any atom is -0.371 e. The molecule has 1 aromatic rings. The van der Waals surface area contributed by atoms with Gasteiger partial charge in [0.15, 0.2) is 0 Å². The first-order chi connectivity index (χ1) is 10.1. The summed E-state index contributed by atoms with van der Waals surface area (Å²) >= 11 is 0. The number of rotatable bonds is 2. The van der Waals surface area contributed by atoms with Crippen LogP contribution in [-0.2, 0) is 23.1 Å². The highest BCUT2D eigenvalue weighted by molar-refractivity contribution is 5.77. The summed E-state index contributed by atoms with van der Waals surface area (Å²) in [5.74, 6) is 0.564. The van der Waals surface area contributed by atoms with Crippen LogP contribution in [0.3, 0.4) is 0 Å². The lowest BCUT2D eigenvalue weighted by Crippen LogP contribution is -2.52. The molecule has 0 bridgehead atoms. The monoisotopic (exact) mass is 292 g/mol. The summed E-state index contributed by atoms with van der Waals surface area (Å²) < 4.78 is 7.41. The lowest BCUT2D eigenvalue weighted by atomic mass is 9.91. The number of ether oxygens (including phenoxy) is 1. The Kier molecular flexibility index (Phi) is 3.99. The van der Waals surface area contributed by atoms with Gasteiger partial charge < -0.3 is 9.64 Å². The molecule has 0 saturated carbocycles. The van der Waals surface area contributed by atoms with E-state index < -0.39 is 0 Å². The van der Waals surface area contributed by atoms with E-state index >= 15 is 0 Å². The van der Waals surface area contributed by atoms with Gasteiger partial charge in [-0.2, -0.15) is 5.10 Å². The highest BCUT2D eigenvalue weighted by atomic mass is 16.5. The van der Waals surface area contributed by atoms with Crippen LogP contribution in [0.4, 0.5) is 0 Å². The summed E-state index contributed by atoms with van der Waals surface area (Å²) in [7, 11) is 3.88. The fourth-order valence-corrected chi connectivity index (χ4v) is 3.35. The highest BCUT2D eigenvalue weighted by Crippen LogP contribution is 2.26. The Morgan fingerprint density at radius 2 is 2.24 bits per heavy atom. The van der Waals surface area contributed by atoms with E-state index in [1.807, 2.05) is 29.9 Å². The van der Waals surface area contributed by atoms with E-state index in [1.165, 1.54) is 11.3 Å². The molecule has 0 N–H and O–H groups in total. The summed E-state index contributed by atoms with van der Waals surface area (Å²) in [5.41, 5.74) is 2.49. The summed E-state index contributed by atoms with van der Waals surface area (Å²) in [5, 5.41) is 4.31. The molecule has 0 aromatic carbocycles. The summed E-state index contributed by atoms with van der Waals surface area (Å²) in [6.07, 6.45) is 3.04. The Balaban J connectivity index is 1.70. The number of carbonyl (C=O) groups is 1. The number of aryl methyl sites for hydroxylation is 1. The first-order valence-corrected chi connectivity index (χ1v) is 7.59. The second-order valence-corrected chi connectivity index (χ2v) is 6.25. The number of nitrogens with zero attached hydrogens (tertiary/aromatic N) is 4. The maximum atomic E-state index is 12.0. The molecule has 2 aliphatic heterocycles. The van der Waals surface area contributed by atoms with Gasteiger partial charge in [0.25, 0.3) is 0 Å². The number of piperidine rings is 1. The first kappa shape index (κ1) is 14.5. The number of aromatic nitrogens is 2. The molecule has 0 aliphatic carbocycles. The lowest BCUT2D eigenvalue weighted by Gasteiger charge is -2.41. The van der Waals surface area contributed by atoms with Crippen molar-refractivity contribution in [2.75, 3.05) is 33.4 Å². The van der Waals surface area contributed by atoms with Gasteiger partial charge in [-0.25, -0.2) is 0 Å². The van der Waals surface area contributed by atoms with Crippen molar-refractivity contribution in [1.82, 2.24) is 19.6 Å². The summed E-state index contributed by atoms with van der Waals surface area (Å²) in [6, 6.07) is 0.269. The second kappa shape index (κ2) is 5.77. The Labute approximate surface area is 125 Å². The van der Waals surface area contributed by atoms with Crippen molar-refractivity contribution in [1.29, 1.82) is 0 Å². The molecule has 3 heterocycles. The smallest absolute Gasteiger partial charge is 0.248 e. The SMILES string of the molecule is Cc1c(CN2CC[C@H]3COCC(=O)N(C)[C@H]3C2)cnn1C. The van der Waals surface area contributed by atoms with Crippen molar-refractivity contribution < 1.29 is 9.53 Å². The number of hydrogen-bond acceptors (Lipinski definition) is 4. The normalized spacial score (nSPS) is 27.6. The zero-order valence-corrected chi connectivity index (χ0v) is 13.1. The van der Waals surface area contributed by atoms with Gasteiger partial charge in [0.05, 0.1) is 12.8 Å². The average Bonchev–Trinajstić information content (AvgIpc) is 2.71. The molecule has 0 spiro atoms. The molecular weight excluding hydrogens is 268 g/mol. The number of fused-ring (bicyclic) bond motifs is 1. The van der Waals surface area contributed by atoms with Crippen LogP contribution in [0.25, 0.3) is 0 Å². The largest absolute Gasteiger partial charge is 0.371 e. The molecule has 2 atom stereocenters. The number of likely N-dealkylation sites (N-methyl/N-ethyl adjacent to an activating group) is 1. The first-order valence-electron chi connectivity index (χ1n) is 7.59. The van der Waals surface area contributed by atoms with Gasteiger partial charge in [-0.15, -0.1) is 0 Å². The van der Waals surface area contributed by atoms with Crippen molar-refractivity contribution in [3.8, 4) is 0 Å². The van der Waals surface area contributed by atoms with Crippen LogP contribution < -0.4 is 0 Å². The van der Waals surface area contributed by atoms with Gasteiger partial charge in [0, 0.05) is 50.4 Å². The zero-order valence-electron chi connectivity index (χ0n) is 13.1. The minimum absolute atomic E-state index is 0.0990. The number of likely N-dealkylation sites (tertiary alicyclic amines) is 1. The maximum Gasteiger partial charge on any atom is 0.248 e. The van der Waals surface area contributed by atoms with Crippen molar-refractivity contribution in [3.63, 3.8) is 0 Å². The van der Waals surface area contributed by atoms with Gasteiger partial charge in [-0.1, -0.05) is 0 Å². The van der Waals surface area contributed by atoms with E-state index in [4.69, 9.17) is 4.74 Å². The summed E-state index contributed by atoms with van der Waals surface area (Å²) in [6.45, 7) is 5.92. The van der Waals surface area contributed by atoms with Crippen LogP contribution in [0.5, 0.6) is 0 Å². The number of hydrogen-bond donors (Lipinski definition) is 0. The quantitative estimate of drug-likeness (QED) is 0.792. The number of amides is 1. The topological polar surface area (TPSA) is 50.6 Å². The maximum absolute atomic E-state index is 12.0. The Hall–Kier alpha value is -1.40. The second-order valence-electron chi connectivity index (χ2n) is 6.25. The van der Waals surface area contributed by atoms with E-state index in [-0.39, 0.29) is 18.6 Å². The van der Waals surface area contributed by atoms with Gasteiger partial charge in [0.2, 0.25) is 5.91 Å². The van der Waals surface area contributed by atoms with E-state index in [0.29, 0.717) is 12.5 Å². The van der Waals surface area contributed by atoms with E-state index in [2.05, 4.69) is 16.9 Å². The summed E-state index contributed by atoms with van der Waals surface area (Å²) in [4.78, 5) is 16.3. The standard InChI is InChI=1S/C15H24N4O2/c1-11-13(6-16-18(11)3)7-19-5-4-12-9-21-10-15(20)17(2)14(12)8-19/h6,12,14H,4-5,7-10H2,1-3H3/t12-,14-/m0/s1. The molecule has 2 saturated heterocycles. The lowest BCUT2D eigenvalue weighted by molar-refractivity contribution is -0.134. The zero-order chi connectivity index (χ0) is 15.0. The van der Waals surface area contributed by atoms with Crippen LogP contribution in [0, 0.1) is 12.8 Å². The Morgan fingerprint density at radius 3 is 2.95 bits per heavy atom. The third-order valence-electron chi connectivity index (χ3n) is 4.98. The highest BCUT2D eigenvalue weighted by Gasteiger charge is 2.36. The third kappa shape index (κ3) is 2.82. The van der Waals surface area contributed by atoms with E-state index in [9.17, 15) is 4.79 Å². The minimum atomic E-state index is 0.0990. The van der Waals surface area contributed by atoms with Crippen molar-refractivity contribution in [3.05, 3.63) is 17.5 Å². The molecule has 1 aromatic heterocycles. The molecule has 116 valence electrons. The number of carbonyl (C=O) groups excluding carboxylic acids is 1. The molecule has 2 aliphatic rings. The average molecular weight is 292 g/mol. The van der Waals surface area contributed by atoms with Gasteiger partial charge >= 0.3 is 0 Å². The van der Waals surface area contributed by atoms with Gasteiger partial charge in [-0.05, 0) is 19.9 Å². The molecular formula is C15H24N4O2. The van der Waals surface area contributed by atoms with E-state index in [1.54, 1.807) is 0 Å². The molecule has 21 heavy (non-hydrogen) atoms. The van der Waals surface area contributed by atoms with Crippen molar-refractivity contribution in [2.45, 2.75) is 25.9 Å². The fourth-order valence-electron chi connectivity index (χ4n) is 3.35. The van der Waals surface area contributed by atoms with Crippen molar-refractivity contribution >= 4 is 5.91 Å². The molecule has 0 radical (unpaired) electrons. The molecule has 0 unspecified atom stereocenters. The molecule has 1 amide bonds. The third-order valence-corrected chi connectivity index (χ3v) is 4.98. The van der Waals surface area contributed by atoms with Crippen LogP contribution >= 0.6 is 0 Å². The fraction of sp³-hybridized carbons (Fsp3) is 0.733. The van der Waals surface area contributed by atoms with Gasteiger partial charge in [0.1, 0.15) is 6.61 Å². The Bertz CT molecular complexity index is 528. The molecule has 6 nitrogen and oxygen atoms in total. The van der Waals surface area contributed by atoms with Crippen LogP contribution in [0.1, 0.15) is 17.7 Å². The predicted molar refractivity (Wildman–Crippen MR) is 78.7 cm³/mol. The predicted octanol–water partition coefficient (Wildman–Crippen LogP) is 0.408. The van der Waals surface area contributed by atoms with Crippen molar-refractivity contribution in [2.24, 2.45) is 13.0 Å². The van der Waals surface area contributed by atoms with Crippen LogP contribution in [0.2, 0.25) is 0 Å².